The lowest BCUT2D eigenvalue weighted by Gasteiger charge is -2.41. The van der Waals surface area contributed by atoms with Crippen LogP contribution in [0.5, 0.6) is 0 Å². The molecule has 92 valence electrons. The second-order valence-electron chi connectivity index (χ2n) is 4.21. The third-order valence-corrected chi connectivity index (χ3v) is 3.07. The average Bonchev–Trinajstić information content (AvgIpc) is 2.33. The molecule has 1 aromatic heterocycles. The SMILES string of the molecule is COC(=O)c1ccc(NC2(CO)CCC2)nn1. The molecule has 2 rings (SSSR count). The van der Waals surface area contributed by atoms with Crippen LogP contribution in [0, 0.1) is 0 Å². The zero-order valence-electron chi connectivity index (χ0n) is 9.64. The van der Waals surface area contributed by atoms with E-state index in [1.165, 1.54) is 7.11 Å². The van der Waals surface area contributed by atoms with Gasteiger partial charge in [0.1, 0.15) is 5.82 Å². The van der Waals surface area contributed by atoms with Crippen LogP contribution in [0.4, 0.5) is 5.82 Å². The monoisotopic (exact) mass is 237 g/mol. The van der Waals surface area contributed by atoms with E-state index in [1.54, 1.807) is 12.1 Å². The van der Waals surface area contributed by atoms with E-state index < -0.39 is 5.97 Å². The quantitative estimate of drug-likeness (QED) is 0.745. The molecule has 0 saturated heterocycles. The van der Waals surface area contributed by atoms with Crippen molar-refractivity contribution in [3.63, 3.8) is 0 Å². The van der Waals surface area contributed by atoms with Crippen LogP contribution in [-0.2, 0) is 4.74 Å². The van der Waals surface area contributed by atoms with Gasteiger partial charge < -0.3 is 15.2 Å². The molecule has 1 aliphatic rings. The molecule has 0 unspecified atom stereocenters. The van der Waals surface area contributed by atoms with Gasteiger partial charge in [-0.25, -0.2) is 4.79 Å². The highest BCUT2D eigenvalue weighted by Gasteiger charge is 2.36. The van der Waals surface area contributed by atoms with Crippen molar-refractivity contribution in [3.05, 3.63) is 17.8 Å². The summed E-state index contributed by atoms with van der Waals surface area (Å²) in [6.07, 6.45) is 2.94. The number of aromatic nitrogens is 2. The molecular weight excluding hydrogens is 222 g/mol. The van der Waals surface area contributed by atoms with Gasteiger partial charge in [-0.05, 0) is 31.4 Å². The normalized spacial score (nSPS) is 17.1. The average molecular weight is 237 g/mol. The van der Waals surface area contributed by atoms with Crippen molar-refractivity contribution >= 4 is 11.8 Å². The van der Waals surface area contributed by atoms with Crippen LogP contribution in [0.25, 0.3) is 0 Å². The summed E-state index contributed by atoms with van der Waals surface area (Å²) >= 11 is 0. The molecule has 1 aromatic rings. The number of nitrogens with one attached hydrogen (secondary N) is 1. The number of methoxy groups -OCH3 is 1. The van der Waals surface area contributed by atoms with E-state index in [9.17, 15) is 9.90 Å². The van der Waals surface area contributed by atoms with Crippen LogP contribution in [0.2, 0.25) is 0 Å². The van der Waals surface area contributed by atoms with E-state index in [-0.39, 0.29) is 17.8 Å². The summed E-state index contributed by atoms with van der Waals surface area (Å²) in [7, 11) is 1.30. The zero-order valence-corrected chi connectivity index (χ0v) is 9.64. The van der Waals surface area contributed by atoms with Gasteiger partial charge in [-0.3, -0.25) is 0 Å². The molecule has 0 atom stereocenters. The highest BCUT2D eigenvalue weighted by Crippen LogP contribution is 2.34. The molecule has 17 heavy (non-hydrogen) atoms. The van der Waals surface area contributed by atoms with Crippen molar-refractivity contribution in [3.8, 4) is 0 Å². The number of aliphatic hydroxyl groups is 1. The predicted octanol–water partition coefficient (Wildman–Crippen LogP) is 0.590. The predicted molar refractivity (Wildman–Crippen MR) is 60.7 cm³/mol. The Hall–Kier alpha value is -1.69. The minimum Gasteiger partial charge on any atom is -0.464 e. The van der Waals surface area contributed by atoms with Crippen LogP contribution in [0.1, 0.15) is 29.8 Å². The number of ether oxygens (including phenoxy) is 1. The Labute approximate surface area is 99.0 Å². The van der Waals surface area contributed by atoms with E-state index in [0.717, 1.165) is 19.3 Å². The van der Waals surface area contributed by atoms with Crippen molar-refractivity contribution in [1.29, 1.82) is 0 Å². The molecular formula is C11H15N3O3. The minimum absolute atomic E-state index is 0.0768. The number of esters is 1. The largest absolute Gasteiger partial charge is 0.464 e. The third-order valence-electron chi connectivity index (χ3n) is 3.07. The lowest BCUT2D eigenvalue weighted by molar-refractivity contribution is 0.0592. The van der Waals surface area contributed by atoms with Gasteiger partial charge in [-0.15, -0.1) is 10.2 Å². The first-order valence-electron chi connectivity index (χ1n) is 5.50. The topological polar surface area (TPSA) is 84.3 Å². The fraction of sp³-hybridized carbons (Fsp3) is 0.545. The fourth-order valence-corrected chi connectivity index (χ4v) is 1.81. The first kappa shape index (κ1) is 11.8. The van der Waals surface area contributed by atoms with Crippen LogP contribution < -0.4 is 5.32 Å². The van der Waals surface area contributed by atoms with Crippen molar-refractivity contribution in [2.24, 2.45) is 0 Å². The van der Waals surface area contributed by atoms with Gasteiger partial charge >= 0.3 is 5.97 Å². The standard InChI is InChI=1S/C11H15N3O3/c1-17-10(16)8-3-4-9(14-13-8)12-11(7-15)5-2-6-11/h3-4,15H,2,5-7H2,1H3,(H,12,14). The highest BCUT2D eigenvalue weighted by atomic mass is 16.5. The van der Waals surface area contributed by atoms with Crippen LogP contribution >= 0.6 is 0 Å². The second kappa shape index (κ2) is 4.67. The van der Waals surface area contributed by atoms with Gasteiger partial charge in [0, 0.05) is 0 Å². The number of carbonyl (C=O) groups excluding carboxylic acids is 1. The van der Waals surface area contributed by atoms with E-state index in [2.05, 4.69) is 20.3 Å². The lowest BCUT2D eigenvalue weighted by Crippen LogP contribution is -2.48. The van der Waals surface area contributed by atoms with Crippen molar-refractivity contribution in [2.45, 2.75) is 24.8 Å². The maximum absolute atomic E-state index is 11.1. The van der Waals surface area contributed by atoms with Crippen molar-refractivity contribution in [2.75, 3.05) is 19.0 Å². The molecule has 6 nitrogen and oxygen atoms in total. The lowest BCUT2D eigenvalue weighted by atomic mass is 9.77. The zero-order chi connectivity index (χ0) is 12.3. The molecule has 6 heteroatoms. The Kier molecular flexibility index (Phi) is 3.23. The highest BCUT2D eigenvalue weighted by molar-refractivity contribution is 5.86. The summed E-state index contributed by atoms with van der Waals surface area (Å²) in [5.41, 5.74) is -0.0914. The van der Waals surface area contributed by atoms with E-state index in [0.29, 0.717) is 5.82 Å². The van der Waals surface area contributed by atoms with Gasteiger partial charge in [0.25, 0.3) is 0 Å². The van der Waals surface area contributed by atoms with Gasteiger partial charge in [0.2, 0.25) is 0 Å². The third kappa shape index (κ3) is 2.36. The summed E-state index contributed by atoms with van der Waals surface area (Å²) in [5.74, 6) is 0.0518. The summed E-state index contributed by atoms with van der Waals surface area (Å²) in [6.45, 7) is 0.0768. The molecule has 0 bridgehead atoms. The molecule has 1 saturated carbocycles. The number of hydrogen-bond acceptors (Lipinski definition) is 6. The van der Waals surface area contributed by atoms with Crippen LogP contribution in [0.3, 0.4) is 0 Å². The Bertz CT molecular complexity index is 395. The number of rotatable bonds is 4. The number of carbonyl (C=O) groups is 1. The molecule has 1 heterocycles. The maximum Gasteiger partial charge on any atom is 0.358 e. The molecule has 2 N–H and O–H groups in total. The van der Waals surface area contributed by atoms with Gasteiger partial charge in [0.05, 0.1) is 19.3 Å². The van der Waals surface area contributed by atoms with Crippen molar-refractivity contribution in [1.82, 2.24) is 10.2 Å². The minimum atomic E-state index is -0.510. The van der Waals surface area contributed by atoms with Gasteiger partial charge in [0.15, 0.2) is 5.69 Å². The molecule has 0 aliphatic heterocycles. The Balaban J connectivity index is 2.05. The van der Waals surface area contributed by atoms with Crippen molar-refractivity contribution < 1.29 is 14.6 Å². The molecule has 0 spiro atoms. The summed E-state index contributed by atoms with van der Waals surface area (Å²) < 4.78 is 4.53. The first-order valence-corrected chi connectivity index (χ1v) is 5.50. The fourth-order valence-electron chi connectivity index (χ4n) is 1.81. The number of nitrogens with zero attached hydrogens (tertiary/aromatic N) is 2. The maximum atomic E-state index is 11.1. The molecule has 0 aromatic carbocycles. The molecule has 1 aliphatic carbocycles. The van der Waals surface area contributed by atoms with E-state index in [1.807, 2.05) is 0 Å². The Morgan fingerprint density at radius 3 is 2.71 bits per heavy atom. The second-order valence-corrected chi connectivity index (χ2v) is 4.21. The number of anilines is 1. The van der Waals surface area contributed by atoms with E-state index >= 15 is 0 Å². The van der Waals surface area contributed by atoms with Gasteiger partial charge in [-0.1, -0.05) is 0 Å². The van der Waals surface area contributed by atoms with Crippen LogP contribution in [0.15, 0.2) is 12.1 Å². The molecule has 1 fully saturated rings. The molecule has 0 radical (unpaired) electrons. The Morgan fingerprint density at radius 2 is 2.29 bits per heavy atom. The smallest absolute Gasteiger partial charge is 0.358 e. The van der Waals surface area contributed by atoms with Crippen LogP contribution in [-0.4, -0.2) is 40.5 Å². The summed E-state index contributed by atoms with van der Waals surface area (Å²) in [4.78, 5) is 11.1. The number of aliphatic hydroxyl groups excluding tert-OH is 1. The first-order chi connectivity index (χ1) is 8.19. The Morgan fingerprint density at radius 1 is 1.53 bits per heavy atom. The molecule has 0 amide bonds. The van der Waals surface area contributed by atoms with Gasteiger partial charge in [-0.2, -0.15) is 0 Å². The number of hydrogen-bond donors (Lipinski definition) is 2. The van der Waals surface area contributed by atoms with E-state index in [4.69, 9.17) is 0 Å². The summed E-state index contributed by atoms with van der Waals surface area (Å²) in [5, 5.41) is 20.1. The summed E-state index contributed by atoms with van der Waals surface area (Å²) in [6, 6.07) is 3.21.